The number of hydrogen-bond donors (Lipinski definition) is 1. The van der Waals surface area contributed by atoms with Crippen molar-refractivity contribution in [1.82, 2.24) is 29.2 Å². The predicted molar refractivity (Wildman–Crippen MR) is 122 cm³/mol. The summed E-state index contributed by atoms with van der Waals surface area (Å²) in [4.78, 5) is 15.1. The van der Waals surface area contributed by atoms with Crippen molar-refractivity contribution in [2.45, 2.75) is 25.2 Å². The Kier molecular flexibility index (Phi) is 5.56. The van der Waals surface area contributed by atoms with Crippen LogP contribution < -0.4 is 9.47 Å². The van der Waals surface area contributed by atoms with E-state index in [1.165, 1.54) is 4.31 Å². The Bertz CT molecular complexity index is 1360. The summed E-state index contributed by atoms with van der Waals surface area (Å²) in [5, 5.41) is 11.3. The van der Waals surface area contributed by atoms with Crippen LogP contribution in [0.4, 0.5) is 0 Å². The third-order valence-corrected chi connectivity index (χ3v) is 8.41. The summed E-state index contributed by atoms with van der Waals surface area (Å²) < 4.78 is 40.4. The van der Waals surface area contributed by atoms with Gasteiger partial charge in [0.05, 0.1) is 17.1 Å². The van der Waals surface area contributed by atoms with Crippen molar-refractivity contribution in [2.24, 2.45) is 7.05 Å². The number of benzene rings is 1. The molecule has 0 spiro atoms. The fraction of sp³-hybridized carbons (Fsp3) is 0.409. The van der Waals surface area contributed by atoms with Gasteiger partial charge in [0.1, 0.15) is 10.6 Å². The number of sulfonamides is 1. The molecule has 2 aromatic heterocycles. The number of fused-ring (bicyclic) bond motifs is 1. The number of nitrogens with one attached hydrogen (secondary N) is 1. The van der Waals surface area contributed by atoms with Crippen LogP contribution in [-0.2, 0) is 17.1 Å². The fourth-order valence-electron chi connectivity index (χ4n) is 4.40. The summed E-state index contributed by atoms with van der Waals surface area (Å²) in [6.45, 7) is 4.92. The van der Waals surface area contributed by atoms with Crippen molar-refractivity contribution in [3.8, 4) is 22.8 Å². The highest BCUT2D eigenvalue weighted by molar-refractivity contribution is 7.89. The summed E-state index contributed by atoms with van der Waals surface area (Å²) >= 11 is 0. The quantitative estimate of drug-likeness (QED) is 0.595. The van der Waals surface area contributed by atoms with Crippen molar-refractivity contribution in [3.63, 3.8) is 0 Å². The number of aryl methyl sites for hydroxylation is 2. The minimum absolute atomic E-state index is 0.185. The molecule has 11 nitrogen and oxygen atoms in total. The molecule has 0 aliphatic carbocycles. The van der Waals surface area contributed by atoms with E-state index in [2.05, 4.69) is 15.3 Å². The van der Waals surface area contributed by atoms with Gasteiger partial charge in [-0.3, -0.25) is 14.6 Å². The van der Waals surface area contributed by atoms with E-state index in [-0.39, 0.29) is 30.7 Å². The second-order valence-corrected chi connectivity index (χ2v) is 10.3. The van der Waals surface area contributed by atoms with Crippen molar-refractivity contribution in [2.75, 3.05) is 33.0 Å². The van der Waals surface area contributed by atoms with Crippen LogP contribution in [0.1, 0.15) is 28.3 Å². The van der Waals surface area contributed by atoms with Crippen LogP contribution in [-0.4, -0.2) is 76.5 Å². The molecule has 2 aliphatic heterocycles. The lowest BCUT2D eigenvalue weighted by Gasteiger charge is -2.21. The minimum atomic E-state index is -3.71. The van der Waals surface area contributed by atoms with E-state index in [4.69, 9.17) is 9.47 Å². The minimum Gasteiger partial charge on any atom is -0.454 e. The Hall–Kier alpha value is -3.38. The summed E-state index contributed by atoms with van der Waals surface area (Å²) in [5.41, 5.74) is 2.84. The number of aromatic amines is 1. The van der Waals surface area contributed by atoms with Gasteiger partial charge in [-0.2, -0.15) is 14.5 Å². The molecular weight excluding hydrogens is 460 g/mol. The van der Waals surface area contributed by atoms with Gasteiger partial charge in [-0.1, -0.05) is 0 Å². The Morgan fingerprint density at radius 1 is 1.06 bits per heavy atom. The lowest BCUT2D eigenvalue weighted by molar-refractivity contribution is 0.0758. The van der Waals surface area contributed by atoms with E-state index < -0.39 is 10.0 Å². The third-order valence-electron chi connectivity index (χ3n) is 6.26. The average Bonchev–Trinajstić information content (AvgIpc) is 3.48. The van der Waals surface area contributed by atoms with Crippen molar-refractivity contribution >= 4 is 15.9 Å². The highest BCUT2D eigenvalue weighted by Crippen LogP contribution is 2.35. The van der Waals surface area contributed by atoms with Crippen molar-refractivity contribution in [1.29, 1.82) is 0 Å². The van der Waals surface area contributed by atoms with Crippen LogP contribution in [0.25, 0.3) is 11.3 Å². The molecule has 34 heavy (non-hydrogen) atoms. The maximum atomic E-state index is 13.3. The zero-order valence-corrected chi connectivity index (χ0v) is 20.1. The van der Waals surface area contributed by atoms with Gasteiger partial charge in [0, 0.05) is 38.8 Å². The molecule has 2 aliphatic rings. The van der Waals surface area contributed by atoms with Crippen molar-refractivity contribution < 1.29 is 22.7 Å². The molecule has 4 heterocycles. The van der Waals surface area contributed by atoms with E-state index in [0.29, 0.717) is 53.8 Å². The van der Waals surface area contributed by atoms with Crippen LogP contribution in [0.3, 0.4) is 0 Å². The lowest BCUT2D eigenvalue weighted by Crippen LogP contribution is -2.37. The van der Waals surface area contributed by atoms with Crippen LogP contribution >= 0.6 is 0 Å². The van der Waals surface area contributed by atoms with Gasteiger partial charge in [-0.05, 0) is 44.5 Å². The Morgan fingerprint density at radius 3 is 2.62 bits per heavy atom. The Labute approximate surface area is 197 Å². The van der Waals surface area contributed by atoms with Gasteiger partial charge in [-0.25, -0.2) is 8.42 Å². The average molecular weight is 487 g/mol. The standard InChI is InChI=1S/C22H26N6O5S/c1-14-21(15(2)26(3)25-14)34(30,31)28-8-4-7-27(9-10-28)22(29)18-12-17(23-24-18)16-5-6-19-20(11-16)33-13-32-19/h5-6,11-12H,4,7-10,13H2,1-3H3,(H,23,24). The highest BCUT2D eigenvalue weighted by Gasteiger charge is 2.33. The number of aromatic nitrogens is 4. The summed E-state index contributed by atoms with van der Waals surface area (Å²) in [7, 11) is -1.98. The predicted octanol–water partition coefficient (Wildman–Crippen LogP) is 1.69. The molecule has 0 unspecified atom stereocenters. The number of rotatable bonds is 4. The zero-order valence-electron chi connectivity index (χ0n) is 19.2. The van der Waals surface area contributed by atoms with Gasteiger partial charge in [0.15, 0.2) is 11.5 Å². The SMILES string of the molecule is Cc1nn(C)c(C)c1S(=O)(=O)N1CCCN(C(=O)c2cc(-c3ccc4c(c3)OCO4)n[nH]2)CC1. The molecule has 3 aromatic rings. The number of nitrogens with zero attached hydrogens (tertiary/aromatic N) is 5. The molecule has 1 aromatic carbocycles. The molecule has 1 N–H and O–H groups in total. The first-order valence-corrected chi connectivity index (χ1v) is 12.4. The fourth-order valence-corrected chi connectivity index (χ4v) is 6.27. The summed E-state index contributed by atoms with van der Waals surface area (Å²) in [6.07, 6.45) is 0.534. The molecule has 0 radical (unpaired) electrons. The van der Waals surface area contributed by atoms with Gasteiger partial charge >= 0.3 is 0 Å². The van der Waals surface area contributed by atoms with Crippen LogP contribution in [0.15, 0.2) is 29.2 Å². The van der Waals surface area contributed by atoms with E-state index in [1.807, 2.05) is 18.2 Å². The molecule has 1 fully saturated rings. The second kappa shape index (κ2) is 8.44. The number of carbonyl (C=O) groups excluding carboxylic acids is 1. The monoisotopic (exact) mass is 486 g/mol. The molecule has 5 rings (SSSR count). The molecule has 1 amide bonds. The van der Waals surface area contributed by atoms with Crippen LogP contribution in [0.2, 0.25) is 0 Å². The number of carbonyl (C=O) groups is 1. The van der Waals surface area contributed by atoms with Crippen LogP contribution in [0, 0.1) is 13.8 Å². The van der Waals surface area contributed by atoms with E-state index in [0.717, 1.165) is 5.56 Å². The Balaban J connectivity index is 1.30. The number of ether oxygens (including phenoxy) is 2. The van der Waals surface area contributed by atoms with Gasteiger partial charge in [0.25, 0.3) is 5.91 Å². The molecule has 0 saturated carbocycles. The lowest BCUT2D eigenvalue weighted by atomic mass is 10.1. The van der Waals surface area contributed by atoms with Crippen LogP contribution in [0.5, 0.6) is 11.5 Å². The van der Waals surface area contributed by atoms with E-state index in [9.17, 15) is 13.2 Å². The van der Waals surface area contributed by atoms with E-state index in [1.54, 1.807) is 36.5 Å². The van der Waals surface area contributed by atoms with Gasteiger partial charge in [0.2, 0.25) is 16.8 Å². The summed E-state index contributed by atoms with van der Waals surface area (Å²) in [6, 6.07) is 7.18. The maximum Gasteiger partial charge on any atom is 0.271 e. The highest BCUT2D eigenvalue weighted by atomic mass is 32.2. The smallest absolute Gasteiger partial charge is 0.271 e. The largest absolute Gasteiger partial charge is 0.454 e. The first-order valence-electron chi connectivity index (χ1n) is 11.0. The van der Waals surface area contributed by atoms with Gasteiger partial charge < -0.3 is 14.4 Å². The molecular formula is C22H26N6O5S. The summed E-state index contributed by atoms with van der Waals surface area (Å²) in [5.74, 6) is 1.10. The first kappa shape index (κ1) is 22.4. The zero-order chi connectivity index (χ0) is 24.0. The topological polar surface area (TPSA) is 123 Å². The molecule has 1 saturated heterocycles. The third kappa shape index (κ3) is 3.82. The van der Waals surface area contributed by atoms with Crippen molar-refractivity contribution in [3.05, 3.63) is 41.3 Å². The molecule has 180 valence electrons. The molecule has 0 bridgehead atoms. The Morgan fingerprint density at radius 2 is 1.85 bits per heavy atom. The second-order valence-electron chi connectivity index (χ2n) is 8.41. The molecule has 0 atom stereocenters. The maximum absolute atomic E-state index is 13.3. The molecule has 12 heteroatoms. The number of H-pyrrole nitrogens is 1. The van der Waals surface area contributed by atoms with E-state index >= 15 is 0 Å². The normalized spacial score (nSPS) is 16.6. The number of amides is 1. The van der Waals surface area contributed by atoms with Gasteiger partial charge in [-0.15, -0.1) is 0 Å². The number of hydrogen-bond acceptors (Lipinski definition) is 7. The first-order chi connectivity index (χ1) is 16.3.